The van der Waals surface area contributed by atoms with Gasteiger partial charge in [-0.3, -0.25) is 5.10 Å². The van der Waals surface area contributed by atoms with E-state index >= 15 is 0 Å². The minimum absolute atomic E-state index is 0.114. The Morgan fingerprint density at radius 2 is 1.95 bits per heavy atom. The van der Waals surface area contributed by atoms with E-state index in [0.29, 0.717) is 5.56 Å². The van der Waals surface area contributed by atoms with Gasteiger partial charge in [0.15, 0.2) is 0 Å². The van der Waals surface area contributed by atoms with Crippen molar-refractivity contribution in [1.29, 1.82) is 0 Å². The number of hydrogen-bond acceptors (Lipinski definition) is 2. The highest BCUT2D eigenvalue weighted by Crippen LogP contribution is 2.30. The van der Waals surface area contributed by atoms with Gasteiger partial charge in [-0.15, -0.1) is 6.58 Å². The van der Waals surface area contributed by atoms with Gasteiger partial charge in [-0.1, -0.05) is 18.2 Å². The zero-order valence-electron chi connectivity index (χ0n) is 10.8. The summed E-state index contributed by atoms with van der Waals surface area (Å²) in [7, 11) is 0. The van der Waals surface area contributed by atoms with E-state index in [-0.39, 0.29) is 11.7 Å². The van der Waals surface area contributed by atoms with Crippen molar-refractivity contribution in [2.45, 2.75) is 19.1 Å². The number of anilines is 1. The normalized spacial score (nSPS) is 13.0. The molecule has 3 nitrogen and oxygen atoms in total. The van der Waals surface area contributed by atoms with E-state index in [2.05, 4.69) is 17.0 Å². The van der Waals surface area contributed by atoms with E-state index in [1.807, 2.05) is 12.0 Å². The second kappa shape index (κ2) is 5.40. The molecule has 20 heavy (non-hydrogen) atoms. The molecule has 0 bridgehead atoms. The molecule has 1 aromatic carbocycles. The largest absolute Gasteiger partial charge is 0.432 e. The summed E-state index contributed by atoms with van der Waals surface area (Å²) in [4.78, 5) is 0. The van der Waals surface area contributed by atoms with Crippen LogP contribution in [-0.4, -0.2) is 16.2 Å². The maximum atomic E-state index is 12.5. The molecule has 106 valence electrons. The molecule has 1 atom stereocenters. The minimum Gasteiger partial charge on any atom is -0.379 e. The van der Waals surface area contributed by atoms with Gasteiger partial charge in [0.2, 0.25) is 0 Å². The Kier molecular flexibility index (Phi) is 3.83. The van der Waals surface area contributed by atoms with Crippen LogP contribution in [0, 0.1) is 0 Å². The van der Waals surface area contributed by atoms with Gasteiger partial charge in [0.05, 0.1) is 5.69 Å². The fraction of sp³-hybridized carbons (Fsp3) is 0.214. The summed E-state index contributed by atoms with van der Waals surface area (Å²) in [5.74, 6) is 0. The van der Waals surface area contributed by atoms with Crippen molar-refractivity contribution in [3.63, 3.8) is 0 Å². The average molecular weight is 281 g/mol. The molecule has 0 aliphatic rings. The number of aromatic nitrogens is 2. The van der Waals surface area contributed by atoms with Crippen molar-refractivity contribution in [3.05, 3.63) is 48.7 Å². The van der Waals surface area contributed by atoms with Gasteiger partial charge >= 0.3 is 6.18 Å². The Morgan fingerprint density at radius 1 is 1.30 bits per heavy atom. The Morgan fingerprint density at radius 3 is 2.45 bits per heavy atom. The zero-order valence-corrected chi connectivity index (χ0v) is 10.8. The maximum absolute atomic E-state index is 12.5. The monoisotopic (exact) mass is 281 g/mol. The number of hydrogen-bond donors (Lipinski definition) is 2. The predicted octanol–water partition coefficient (Wildman–Crippen LogP) is 4.08. The summed E-state index contributed by atoms with van der Waals surface area (Å²) in [5.41, 5.74) is 0.900. The molecular formula is C14H14F3N3. The van der Waals surface area contributed by atoms with Gasteiger partial charge in [0.1, 0.15) is 5.69 Å². The summed E-state index contributed by atoms with van der Waals surface area (Å²) in [5, 5.41) is 8.85. The number of nitrogens with one attached hydrogen (secondary N) is 2. The molecule has 2 aromatic rings. The molecule has 0 aliphatic heterocycles. The molecule has 0 amide bonds. The van der Waals surface area contributed by atoms with E-state index < -0.39 is 11.9 Å². The van der Waals surface area contributed by atoms with Crippen LogP contribution in [-0.2, 0) is 6.18 Å². The molecule has 2 rings (SSSR count). The molecule has 1 heterocycles. The van der Waals surface area contributed by atoms with E-state index in [0.717, 1.165) is 11.8 Å². The van der Waals surface area contributed by atoms with Crippen LogP contribution in [0.1, 0.15) is 12.6 Å². The molecule has 1 aromatic heterocycles. The second-order valence-corrected chi connectivity index (χ2v) is 4.41. The van der Waals surface area contributed by atoms with Crippen LogP contribution in [0.15, 0.2) is 43.0 Å². The molecule has 0 spiro atoms. The SMILES string of the molecule is C=CC(C)Nc1ccc(-c2cc(C(F)(F)F)[nH]n2)cc1. The van der Waals surface area contributed by atoms with Gasteiger partial charge in [-0.2, -0.15) is 18.3 Å². The van der Waals surface area contributed by atoms with Crippen molar-refractivity contribution in [1.82, 2.24) is 10.2 Å². The Labute approximate surface area is 114 Å². The Bertz CT molecular complexity index is 584. The highest BCUT2D eigenvalue weighted by Gasteiger charge is 2.33. The molecule has 0 aliphatic carbocycles. The standard InChI is InChI=1S/C14H14F3N3/c1-3-9(2)18-11-6-4-10(5-7-11)12-8-13(20-19-12)14(15,16)17/h3-9,18H,1H2,2H3,(H,19,20). The van der Waals surface area contributed by atoms with Gasteiger partial charge in [0.25, 0.3) is 0 Å². The van der Waals surface area contributed by atoms with Gasteiger partial charge in [0, 0.05) is 17.3 Å². The Hall–Kier alpha value is -2.24. The number of benzene rings is 1. The lowest BCUT2D eigenvalue weighted by Gasteiger charge is -2.10. The number of rotatable bonds is 4. The first-order valence-corrected chi connectivity index (χ1v) is 6.02. The van der Waals surface area contributed by atoms with E-state index in [9.17, 15) is 13.2 Å². The first-order valence-electron chi connectivity index (χ1n) is 6.02. The quantitative estimate of drug-likeness (QED) is 0.829. The molecule has 0 radical (unpaired) electrons. The first kappa shape index (κ1) is 14.2. The van der Waals surface area contributed by atoms with E-state index in [1.165, 1.54) is 0 Å². The zero-order chi connectivity index (χ0) is 14.8. The number of aromatic amines is 1. The second-order valence-electron chi connectivity index (χ2n) is 4.41. The Balaban J connectivity index is 2.18. The van der Waals surface area contributed by atoms with Crippen LogP contribution >= 0.6 is 0 Å². The van der Waals surface area contributed by atoms with Crippen LogP contribution in [0.5, 0.6) is 0 Å². The first-order chi connectivity index (χ1) is 9.40. The molecule has 6 heteroatoms. The van der Waals surface area contributed by atoms with Crippen molar-refractivity contribution in [2.24, 2.45) is 0 Å². The van der Waals surface area contributed by atoms with Crippen LogP contribution in [0.25, 0.3) is 11.3 Å². The highest BCUT2D eigenvalue weighted by atomic mass is 19.4. The molecule has 1 unspecified atom stereocenters. The summed E-state index contributed by atoms with van der Waals surface area (Å²) in [6.45, 7) is 5.61. The molecule has 0 saturated heterocycles. The summed E-state index contributed by atoms with van der Waals surface area (Å²) in [6.07, 6.45) is -2.65. The molecule has 0 fully saturated rings. The smallest absolute Gasteiger partial charge is 0.379 e. The third-order valence-electron chi connectivity index (χ3n) is 2.81. The lowest BCUT2D eigenvalue weighted by atomic mass is 10.1. The third kappa shape index (κ3) is 3.20. The number of halogens is 3. The van der Waals surface area contributed by atoms with Crippen LogP contribution < -0.4 is 5.32 Å². The van der Waals surface area contributed by atoms with Crippen molar-refractivity contribution >= 4 is 5.69 Å². The van der Waals surface area contributed by atoms with Crippen LogP contribution in [0.3, 0.4) is 0 Å². The fourth-order valence-electron chi connectivity index (χ4n) is 1.67. The lowest BCUT2D eigenvalue weighted by Crippen LogP contribution is -2.10. The van der Waals surface area contributed by atoms with E-state index in [4.69, 9.17) is 0 Å². The lowest BCUT2D eigenvalue weighted by molar-refractivity contribution is -0.141. The molecule has 0 saturated carbocycles. The van der Waals surface area contributed by atoms with Gasteiger partial charge in [-0.25, -0.2) is 0 Å². The van der Waals surface area contributed by atoms with Crippen LogP contribution in [0.4, 0.5) is 18.9 Å². The number of alkyl halides is 3. The highest BCUT2D eigenvalue weighted by molar-refractivity contribution is 5.63. The topological polar surface area (TPSA) is 40.7 Å². The average Bonchev–Trinajstić information content (AvgIpc) is 2.89. The fourth-order valence-corrected chi connectivity index (χ4v) is 1.67. The van der Waals surface area contributed by atoms with Crippen molar-refractivity contribution < 1.29 is 13.2 Å². The van der Waals surface area contributed by atoms with E-state index in [1.54, 1.807) is 30.3 Å². The maximum Gasteiger partial charge on any atom is 0.432 e. The number of nitrogens with zero attached hydrogens (tertiary/aromatic N) is 1. The van der Waals surface area contributed by atoms with Crippen molar-refractivity contribution in [3.8, 4) is 11.3 Å². The third-order valence-corrected chi connectivity index (χ3v) is 2.81. The summed E-state index contributed by atoms with van der Waals surface area (Å²) in [6, 6.07) is 8.12. The summed E-state index contributed by atoms with van der Waals surface area (Å²) >= 11 is 0. The predicted molar refractivity (Wildman–Crippen MR) is 72.3 cm³/mol. The minimum atomic E-state index is -4.41. The van der Waals surface area contributed by atoms with Crippen LogP contribution in [0.2, 0.25) is 0 Å². The number of H-pyrrole nitrogens is 1. The molecular weight excluding hydrogens is 267 g/mol. The van der Waals surface area contributed by atoms with Crippen molar-refractivity contribution in [2.75, 3.05) is 5.32 Å². The molecule has 2 N–H and O–H groups in total. The van der Waals surface area contributed by atoms with Gasteiger partial charge in [-0.05, 0) is 25.1 Å². The van der Waals surface area contributed by atoms with Gasteiger partial charge < -0.3 is 5.32 Å². The summed E-state index contributed by atoms with van der Waals surface area (Å²) < 4.78 is 37.4.